The SMILES string of the molecule is CCN1C[C@H]2C3(CCN(C(=O)NC(C)C)CC3)CC[C@@]2(C(=O)N(C)C)C1.O=C(O)C(F)(F)F. The fraction of sp³-hybridized carbons (Fsp3) is 0.864. The van der Waals surface area contributed by atoms with Gasteiger partial charge in [0.1, 0.15) is 0 Å². The molecule has 0 aromatic heterocycles. The maximum absolute atomic E-state index is 13.2. The van der Waals surface area contributed by atoms with Gasteiger partial charge in [0, 0.05) is 46.3 Å². The molecule has 0 bridgehead atoms. The summed E-state index contributed by atoms with van der Waals surface area (Å²) in [4.78, 5) is 40.6. The van der Waals surface area contributed by atoms with Crippen molar-refractivity contribution in [2.45, 2.75) is 58.7 Å². The summed E-state index contributed by atoms with van der Waals surface area (Å²) in [5, 5.41) is 10.1. The molecule has 0 aromatic carbocycles. The molecule has 1 aliphatic carbocycles. The van der Waals surface area contributed by atoms with Gasteiger partial charge in [0.25, 0.3) is 0 Å². The monoisotopic (exact) mass is 478 g/mol. The predicted octanol–water partition coefficient (Wildman–Crippen LogP) is 2.64. The lowest BCUT2D eigenvalue weighted by Crippen LogP contribution is -2.52. The van der Waals surface area contributed by atoms with Crippen molar-refractivity contribution in [2.75, 3.05) is 46.8 Å². The van der Waals surface area contributed by atoms with Crippen molar-refractivity contribution in [2.24, 2.45) is 16.7 Å². The minimum atomic E-state index is -5.08. The van der Waals surface area contributed by atoms with E-state index >= 15 is 0 Å². The molecule has 2 atom stereocenters. The van der Waals surface area contributed by atoms with Crippen LogP contribution in [0.4, 0.5) is 18.0 Å². The average molecular weight is 479 g/mol. The van der Waals surface area contributed by atoms with Crippen LogP contribution in [0.5, 0.6) is 0 Å². The van der Waals surface area contributed by atoms with E-state index in [1.807, 2.05) is 32.8 Å². The number of amides is 3. The standard InChI is InChI=1S/C20H36N4O2.C2HF3O2/c1-6-23-13-16-19(7-8-20(16,14-23)17(25)22(4)5)9-11-24(12-10-19)18(26)21-15(2)3;3-2(4,5)1(6)7/h15-16H,6-14H2,1-5H3,(H,21,26);(H,6,7)/t16-,20+;/m0./s1. The number of likely N-dealkylation sites (tertiary alicyclic amines) is 2. The molecular weight excluding hydrogens is 441 g/mol. The molecule has 3 fully saturated rings. The zero-order valence-electron chi connectivity index (χ0n) is 20.2. The topological polar surface area (TPSA) is 93.2 Å². The third-order valence-electron chi connectivity index (χ3n) is 7.40. The summed E-state index contributed by atoms with van der Waals surface area (Å²) in [5.74, 6) is -2.01. The molecule has 8 nitrogen and oxygen atoms in total. The second kappa shape index (κ2) is 10.1. The molecule has 2 saturated heterocycles. The summed E-state index contributed by atoms with van der Waals surface area (Å²) < 4.78 is 31.7. The summed E-state index contributed by atoms with van der Waals surface area (Å²) >= 11 is 0. The molecular formula is C22H37F3N4O4. The normalized spacial score (nSPS) is 26.6. The first-order valence-electron chi connectivity index (χ1n) is 11.5. The Morgan fingerprint density at radius 1 is 1.12 bits per heavy atom. The molecule has 0 aromatic rings. The number of nitrogens with one attached hydrogen (secondary N) is 1. The van der Waals surface area contributed by atoms with Gasteiger partial charge < -0.3 is 25.1 Å². The second-order valence-corrected chi connectivity index (χ2v) is 9.99. The predicted molar refractivity (Wildman–Crippen MR) is 117 cm³/mol. The van der Waals surface area contributed by atoms with Gasteiger partial charge in [0.2, 0.25) is 5.91 Å². The number of rotatable bonds is 3. The van der Waals surface area contributed by atoms with Gasteiger partial charge in [-0.05, 0) is 57.4 Å². The van der Waals surface area contributed by atoms with E-state index in [0.29, 0.717) is 11.8 Å². The Kier molecular flexibility index (Phi) is 8.30. The van der Waals surface area contributed by atoms with Crippen LogP contribution >= 0.6 is 0 Å². The minimum Gasteiger partial charge on any atom is -0.475 e. The number of hydrogen-bond donors (Lipinski definition) is 2. The molecule has 1 saturated carbocycles. The van der Waals surface area contributed by atoms with E-state index in [1.54, 1.807) is 4.90 Å². The molecule has 3 amide bonds. The van der Waals surface area contributed by atoms with Crippen LogP contribution in [0.3, 0.4) is 0 Å². The molecule has 3 aliphatic rings. The minimum absolute atomic E-state index is 0.0603. The Hall–Kier alpha value is -2.04. The number of fused-ring (bicyclic) bond motifs is 2. The van der Waals surface area contributed by atoms with Gasteiger partial charge in [-0.3, -0.25) is 4.79 Å². The highest BCUT2D eigenvalue weighted by atomic mass is 19.4. The van der Waals surface area contributed by atoms with Gasteiger partial charge in [0.05, 0.1) is 5.41 Å². The number of carboxylic acid groups (broad SMARTS) is 1. The number of hydrogen-bond acceptors (Lipinski definition) is 4. The maximum atomic E-state index is 13.2. The van der Waals surface area contributed by atoms with Crippen molar-refractivity contribution in [3.05, 3.63) is 0 Å². The number of carbonyl (C=O) groups excluding carboxylic acids is 2. The summed E-state index contributed by atoms with van der Waals surface area (Å²) in [6, 6.07) is 0.230. The van der Waals surface area contributed by atoms with Crippen LogP contribution in [0.15, 0.2) is 0 Å². The lowest BCUT2D eigenvalue weighted by molar-refractivity contribution is -0.192. The third kappa shape index (κ3) is 5.73. The number of urea groups is 1. The van der Waals surface area contributed by atoms with Crippen molar-refractivity contribution in [3.8, 4) is 0 Å². The molecule has 3 rings (SSSR count). The van der Waals surface area contributed by atoms with Crippen molar-refractivity contribution in [1.29, 1.82) is 0 Å². The number of piperidine rings is 1. The number of alkyl halides is 3. The van der Waals surface area contributed by atoms with Gasteiger partial charge in [0.15, 0.2) is 0 Å². The van der Waals surface area contributed by atoms with Crippen LogP contribution in [-0.4, -0.2) is 96.8 Å². The van der Waals surface area contributed by atoms with Crippen molar-refractivity contribution >= 4 is 17.9 Å². The van der Waals surface area contributed by atoms with E-state index in [2.05, 4.69) is 17.1 Å². The summed E-state index contributed by atoms with van der Waals surface area (Å²) in [5.41, 5.74) is 0.0199. The zero-order chi connectivity index (χ0) is 25.2. The Balaban J connectivity index is 0.000000479. The fourth-order valence-electron chi connectivity index (χ4n) is 5.79. The maximum Gasteiger partial charge on any atom is 0.490 e. The van der Waals surface area contributed by atoms with E-state index in [0.717, 1.165) is 58.4 Å². The van der Waals surface area contributed by atoms with Crippen LogP contribution in [0.2, 0.25) is 0 Å². The summed E-state index contributed by atoms with van der Waals surface area (Å²) in [7, 11) is 3.79. The largest absolute Gasteiger partial charge is 0.490 e. The highest BCUT2D eigenvalue weighted by Crippen LogP contribution is 2.62. The van der Waals surface area contributed by atoms with E-state index in [-0.39, 0.29) is 22.9 Å². The van der Waals surface area contributed by atoms with E-state index in [1.165, 1.54) is 0 Å². The lowest BCUT2D eigenvalue weighted by Gasteiger charge is -2.44. The van der Waals surface area contributed by atoms with E-state index < -0.39 is 12.1 Å². The highest BCUT2D eigenvalue weighted by Gasteiger charge is 2.64. The smallest absolute Gasteiger partial charge is 0.475 e. The Bertz CT molecular complexity index is 736. The first-order valence-corrected chi connectivity index (χ1v) is 11.5. The van der Waals surface area contributed by atoms with E-state index in [9.17, 15) is 22.8 Å². The molecule has 190 valence electrons. The van der Waals surface area contributed by atoms with Crippen molar-refractivity contribution < 1.29 is 32.7 Å². The first-order chi connectivity index (χ1) is 15.2. The zero-order valence-corrected chi connectivity index (χ0v) is 20.2. The van der Waals surface area contributed by atoms with Gasteiger partial charge in [-0.25, -0.2) is 9.59 Å². The number of halogens is 3. The van der Waals surface area contributed by atoms with Gasteiger partial charge in [-0.2, -0.15) is 13.2 Å². The first kappa shape index (κ1) is 27.2. The Labute approximate surface area is 193 Å². The Morgan fingerprint density at radius 2 is 1.67 bits per heavy atom. The summed E-state index contributed by atoms with van der Waals surface area (Å²) in [6.07, 6.45) is -0.885. The molecule has 11 heteroatoms. The lowest BCUT2D eigenvalue weighted by atomic mass is 9.65. The van der Waals surface area contributed by atoms with Gasteiger partial charge in [-0.1, -0.05) is 6.92 Å². The van der Waals surface area contributed by atoms with Crippen LogP contribution in [0.25, 0.3) is 0 Å². The van der Waals surface area contributed by atoms with Crippen molar-refractivity contribution in [1.82, 2.24) is 20.0 Å². The van der Waals surface area contributed by atoms with Crippen LogP contribution < -0.4 is 5.32 Å². The number of carboxylic acids is 1. The van der Waals surface area contributed by atoms with Crippen molar-refractivity contribution in [3.63, 3.8) is 0 Å². The van der Waals surface area contributed by atoms with Crippen LogP contribution in [-0.2, 0) is 9.59 Å². The quantitative estimate of drug-likeness (QED) is 0.651. The molecule has 2 N–H and O–H groups in total. The highest BCUT2D eigenvalue weighted by molar-refractivity contribution is 5.84. The average Bonchev–Trinajstić information content (AvgIpc) is 3.24. The van der Waals surface area contributed by atoms with Crippen LogP contribution in [0.1, 0.15) is 46.5 Å². The molecule has 2 heterocycles. The molecule has 2 aliphatic heterocycles. The van der Waals surface area contributed by atoms with Gasteiger partial charge in [-0.15, -0.1) is 0 Å². The second-order valence-electron chi connectivity index (χ2n) is 9.99. The van der Waals surface area contributed by atoms with E-state index in [4.69, 9.17) is 9.90 Å². The third-order valence-corrected chi connectivity index (χ3v) is 7.40. The molecule has 0 unspecified atom stereocenters. The van der Waals surface area contributed by atoms with Gasteiger partial charge >= 0.3 is 18.2 Å². The summed E-state index contributed by atoms with van der Waals surface area (Å²) in [6.45, 7) is 10.8. The van der Waals surface area contributed by atoms with Crippen LogP contribution in [0, 0.1) is 16.7 Å². The Morgan fingerprint density at radius 3 is 2.09 bits per heavy atom. The number of nitrogens with zero attached hydrogens (tertiary/aromatic N) is 3. The molecule has 0 radical (unpaired) electrons. The molecule has 1 spiro atoms. The number of carbonyl (C=O) groups is 3. The fourth-order valence-corrected chi connectivity index (χ4v) is 5.79. The molecule has 33 heavy (non-hydrogen) atoms. The number of aliphatic carboxylic acids is 1.